The Morgan fingerprint density at radius 1 is 1.11 bits per heavy atom. The van der Waals surface area contributed by atoms with Gasteiger partial charge in [0.2, 0.25) is 0 Å². The van der Waals surface area contributed by atoms with Gasteiger partial charge in [0, 0.05) is 44.4 Å². The zero-order valence-electron chi connectivity index (χ0n) is 21.2. The first-order valence-electron chi connectivity index (χ1n) is 12.4. The largest absolute Gasteiger partial charge is 0.373 e. The topological polar surface area (TPSA) is 130 Å². The van der Waals surface area contributed by atoms with E-state index in [1.807, 2.05) is 20.0 Å². The van der Waals surface area contributed by atoms with Gasteiger partial charge >= 0.3 is 0 Å². The monoisotopic (exact) mass is 499 g/mol. The second-order valence-corrected chi connectivity index (χ2v) is 9.69. The van der Waals surface area contributed by atoms with E-state index in [1.165, 1.54) is 0 Å². The number of aromatic amines is 2. The van der Waals surface area contributed by atoms with Crippen LogP contribution in [-0.4, -0.2) is 60.0 Å². The molecule has 1 aliphatic rings. The van der Waals surface area contributed by atoms with Gasteiger partial charge in [0.1, 0.15) is 22.7 Å². The van der Waals surface area contributed by atoms with Gasteiger partial charge in [-0.3, -0.25) is 9.48 Å². The van der Waals surface area contributed by atoms with Crippen molar-refractivity contribution >= 4 is 33.4 Å². The number of fused-ring (bicyclic) bond motifs is 2. The number of hydrogen-bond donors (Lipinski definition) is 3. The van der Waals surface area contributed by atoms with Gasteiger partial charge in [-0.15, -0.1) is 0 Å². The van der Waals surface area contributed by atoms with Crippen LogP contribution in [0.5, 0.6) is 0 Å². The van der Waals surface area contributed by atoms with Crippen LogP contribution in [0.3, 0.4) is 0 Å². The minimum absolute atomic E-state index is 0.157. The predicted octanol–water partition coefficient (Wildman–Crippen LogP) is 3.38. The molecule has 1 fully saturated rings. The zero-order valence-corrected chi connectivity index (χ0v) is 21.2. The Bertz CT molecular complexity index is 1630. The minimum atomic E-state index is -0.270. The van der Waals surface area contributed by atoms with Crippen molar-refractivity contribution in [1.29, 1.82) is 0 Å². The summed E-state index contributed by atoms with van der Waals surface area (Å²) in [6.07, 6.45) is 5.49. The highest BCUT2D eigenvalue weighted by Crippen LogP contribution is 2.33. The summed E-state index contributed by atoms with van der Waals surface area (Å²) in [7, 11) is 1.82. The summed E-state index contributed by atoms with van der Waals surface area (Å²) in [5.74, 6) is 1.08. The number of H-pyrrole nitrogens is 2. The fraction of sp³-hybridized carbons (Fsp3) is 0.346. The Morgan fingerprint density at radius 2 is 1.86 bits per heavy atom. The lowest BCUT2D eigenvalue weighted by Gasteiger charge is -2.36. The van der Waals surface area contributed by atoms with E-state index in [4.69, 9.17) is 9.72 Å². The quantitative estimate of drug-likeness (QED) is 0.336. The Morgan fingerprint density at radius 3 is 2.62 bits per heavy atom. The Hall–Kier alpha value is -4.25. The lowest BCUT2D eigenvalue weighted by Crippen LogP contribution is -2.45. The number of nitrogens with zero attached hydrogens (tertiary/aromatic N) is 6. The molecule has 0 aliphatic carbocycles. The first-order chi connectivity index (χ1) is 17.9. The van der Waals surface area contributed by atoms with E-state index >= 15 is 0 Å². The van der Waals surface area contributed by atoms with Crippen molar-refractivity contribution in [2.75, 3.05) is 23.3 Å². The maximum atomic E-state index is 13.4. The van der Waals surface area contributed by atoms with E-state index in [1.54, 1.807) is 29.3 Å². The summed E-state index contributed by atoms with van der Waals surface area (Å²) in [6.45, 7) is 7.77. The van der Waals surface area contributed by atoms with Gasteiger partial charge in [0.05, 0.1) is 40.5 Å². The van der Waals surface area contributed by atoms with Crippen LogP contribution in [0.1, 0.15) is 32.6 Å². The molecule has 6 rings (SSSR count). The summed E-state index contributed by atoms with van der Waals surface area (Å²) in [5.41, 5.74) is 4.69. The average Bonchev–Trinajstić information content (AvgIpc) is 3.45. The summed E-state index contributed by atoms with van der Waals surface area (Å²) in [6, 6.07) is 7.63. The molecule has 3 unspecified atom stereocenters. The molecule has 0 radical (unpaired) electrons. The van der Waals surface area contributed by atoms with E-state index in [2.05, 4.69) is 61.2 Å². The highest BCUT2D eigenvalue weighted by molar-refractivity contribution is 5.96. The number of benzene rings is 1. The number of pyridine rings is 1. The van der Waals surface area contributed by atoms with Gasteiger partial charge in [-0.1, -0.05) is 0 Å². The summed E-state index contributed by atoms with van der Waals surface area (Å²) in [5, 5.41) is 8.05. The zero-order chi connectivity index (χ0) is 25.7. The molecule has 1 saturated heterocycles. The molecule has 3 atom stereocenters. The first-order valence-corrected chi connectivity index (χ1v) is 12.4. The van der Waals surface area contributed by atoms with E-state index in [0.717, 1.165) is 29.8 Å². The number of rotatable bonds is 5. The van der Waals surface area contributed by atoms with Crippen LogP contribution in [0.2, 0.25) is 0 Å². The fourth-order valence-electron chi connectivity index (χ4n) is 5.06. The lowest BCUT2D eigenvalue weighted by atomic mass is 10.1. The molecule has 0 saturated carbocycles. The number of nitrogens with one attached hydrogen (secondary N) is 3. The number of anilines is 2. The van der Waals surface area contributed by atoms with Crippen molar-refractivity contribution in [3.63, 3.8) is 0 Å². The number of aromatic nitrogens is 7. The molecule has 11 heteroatoms. The molecule has 1 aromatic carbocycles. The van der Waals surface area contributed by atoms with Crippen molar-refractivity contribution < 1.29 is 4.74 Å². The van der Waals surface area contributed by atoms with Gasteiger partial charge in [0.25, 0.3) is 5.56 Å². The van der Waals surface area contributed by atoms with Crippen LogP contribution < -0.4 is 15.8 Å². The maximum Gasteiger partial charge on any atom is 0.261 e. The molecule has 0 amide bonds. The van der Waals surface area contributed by atoms with Gasteiger partial charge in [-0.25, -0.2) is 15.0 Å². The molecule has 11 nitrogen and oxygen atoms in total. The van der Waals surface area contributed by atoms with Crippen LogP contribution in [0.4, 0.5) is 11.4 Å². The normalized spacial score (nSPS) is 19.0. The third-order valence-electron chi connectivity index (χ3n) is 6.61. The molecular formula is C26H29N9O2. The van der Waals surface area contributed by atoms with Gasteiger partial charge in [0.15, 0.2) is 0 Å². The van der Waals surface area contributed by atoms with E-state index in [0.29, 0.717) is 33.9 Å². The first kappa shape index (κ1) is 23.2. The molecule has 3 N–H and O–H groups in total. The molecule has 5 heterocycles. The van der Waals surface area contributed by atoms with Crippen molar-refractivity contribution in [2.24, 2.45) is 7.05 Å². The standard InChI is InChI=1S/C26H29N9O2/c1-14-11-35(12-15(2)37-14)17-6-7-18-19(10-17)31-25(30-18)21-23(29-16(3)24-27-8-5-9-28-24)22-20(32-26(21)36)13-34(4)33-22/h5-10,13-16,29H,11-12H2,1-4H3,(H,30,31)(H,32,36). The molecule has 5 aromatic rings. The van der Waals surface area contributed by atoms with E-state index < -0.39 is 0 Å². The van der Waals surface area contributed by atoms with Crippen LogP contribution in [0, 0.1) is 0 Å². The van der Waals surface area contributed by atoms with Crippen molar-refractivity contribution in [3.05, 3.63) is 59.0 Å². The van der Waals surface area contributed by atoms with Crippen molar-refractivity contribution in [1.82, 2.24) is 34.7 Å². The van der Waals surface area contributed by atoms with E-state index in [9.17, 15) is 4.79 Å². The molecule has 0 spiro atoms. The van der Waals surface area contributed by atoms with Crippen LogP contribution >= 0.6 is 0 Å². The molecule has 37 heavy (non-hydrogen) atoms. The lowest BCUT2D eigenvalue weighted by molar-refractivity contribution is -0.00521. The van der Waals surface area contributed by atoms with Gasteiger partial charge < -0.3 is 24.9 Å². The summed E-state index contributed by atoms with van der Waals surface area (Å²) >= 11 is 0. The molecular weight excluding hydrogens is 470 g/mol. The predicted molar refractivity (Wildman–Crippen MR) is 143 cm³/mol. The van der Waals surface area contributed by atoms with Crippen molar-refractivity contribution in [3.8, 4) is 11.4 Å². The summed E-state index contributed by atoms with van der Waals surface area (Å²) in [4.78, 5) is 35.6. The second kappa shape index (κ2) is 9.00. The Labute approximate surface area is 212 Å². The highest BCUT2D eigenvalue weighted by atomic mass is 16.5. The van der Waals surface area contributed by atoms with E-state index in [-0.39, 0.29) is 23.8 Å². The fourth-order valence-corrected chi connectivity index (χ4v) is 5.06. The SMILES string of the molecule is CC1CN(c2ccc3nc(-c4c(NC(C)c5ncccn5)c5nn(C)cc5[nH]c4=O)[nH]c3c2)CC(C)O1. The van der Waals surface area contributed by atoms with Crippen LogP contribution in [0.15, 0.2) is 47.7 Å². The Kier molecular flexibility index (Phi) is 5.64. The summed E-state index contributed by atoms with van der Waals surface area (Å²) < 4.78 is 7.57. The number of hydrogen-bond acceptors (Lipinski definition) is 8. The van der Waals surface area contributed by atoms with Crippen molar-refractivity contribution in [2.45, 2.75) is 39.0 Å². The number of aryl methyl sites for hydroxylation is 1. The average molecular weight is 500 g/mol. The van der Waals surface area contributed by atoms with Crippen LogP contribution in [0.25, 0.3) is 33.5 Å². The molecule has 4 aromatic heterocycles. The molecule has 190 valence electrons. The Balaban J connectivity index is 1.45. The molecule has 1 aliphatic heterocycles. The number of imidazole rings is 1. The van der Waals surface area contributed by atoms with Crippen LogP contribution in [-0.2, 0) is 11.8 Å². The van der Waals surface area contributed by atoms with Gasteiger partial charge in [-0.2, -0.15) is 5.10 Å². The second-order valence-electron chi connectivity index (χ2n) is 9.69. The number of ether oxygens (including phenoxy) is 1. The number of morpholine rings is 1. The van der Waals surface area contributed by atoms with Gasteiger partial charge in [-0.05, 0) is 45.0 Å². The molecule has 0 bridgehead atoms. The highest BCUT2D eigenvalue weighted by Gasteiger charge is 2.24. The smallest absolute Gasteiger partial charge is 0.261 e. The third-order valence-corrected chi connectivity index (χ3v) is 6.61. The maximum absolute atomic E-state index is 13.4. The minimum Gasteiger partial charge on any atom is -0.373 e. The third kappa shape index (κ3) is 4.31.